The summed E-state index contributed by atoms with van der Waals surface area (Å²) in [5.74, 6) is 0. The van der Waals surface area contributed by atoms with Crippen molar-refractivity contribution in [3.63, 3.8) is 0 Å². The average Bonchev–Trinajstić information content (AvgIpc) is 2.48. The molecule has 0 spiro atoms. The molecule has 0 heterocycles. The van der Waals surface area contributed by atoms with Crippen molar-refractivity contribution in [1.82, 2.24) is 5.32 Å². The van der Waals surface area contributed by atoms with Crippen molar-refractivity contribution in [3.8, 4) is 0 Å². The Hall–Kier alpha value is -0.0400. The molecule has 1 unspecified atom stereocenters. The third kappa shape index (κ3) is 14.4. The first-order chi connectivity index (χ1) is 9.85. The molecule has 1 atom stereocenters. The molecule has 122 valence electrons. The molecule has 1 heteroatoms. The van der Waals surface area contributed by atoms with E-state index in [1.165, 1.54) is 96.4 Å². The molecule has 0 saturated heterocycles. The third-order valence-electron chi connectivity index (χ3n) is 4.33. The van der Waals surface area contributed by atoms with Gasteiger partial charge in [0.2, 0.25) is 0 Å². The second kappa shape index (κ2) is 17.0. The molecule has 0 aromatic carbocycles. The first kappa shape index (κ1) is 20.0. The highest BCUT2D eigenvalue weighted by molar-refractivity contribution is 4.64. The van der Waals surface area contributed by atoms with Crippen molar-refractivity contribution in [2.75, 3.05) is 6.54 Å². The smallest absolute Gasteiger partial charge is 0.00644 e. The first-order valence-electron chi connectivity index (χ1n) is 9.58. The Morgan fingerprint density at radius 2 is 1.10 bits per heavy atom. The Balaban J connectivity index is 3.15. The van der Waals surface area contributed by atoms with Crippen LogP contribution >= 0.6 is 0 Å². The van der Waals surface area contributed by atoms with Crippen molar-refractivity contribution >= 4 is 0 Å². The molecule has 0 bridgehead atoms. The maximum absolute atomic E-state index is 3.65. The van der Waals surface area contributed by atoms with Gasteiger partial charge in [-0.3, -0.25) is 0 Å². The number of hydrogen-bond acceptors (Lipinski definition) is 1. The molecular weight excluding hydrogens is 242 g/mol. The Labute approximate surface area is 129 Å². The molecule has 0 aromatic rings. The van der Waals surface area contributed by atoms with Crippen molar-refractivity contribution in [2.24, 2.45) is 0 Å². The van der Waals surface area contributed by atoms with Gasteiger partial charge in [-0.1, -0.05) is 91.4 Å². The minimum atomic E-state index is 0.772. The molecule has 0 aliphatic rings. The standard InChI is InChI=1S/C19H41N/c1-4-7-8-9-10-11-12-13-14-15-16-17-19(6-3)20-18-5-2/h19-20H,4-18H2,1-3H3. The summed E-state index contributed by atoms with van der Waals surface area (Å²) >= 11 is 0. The molecule has 20 heavy (non-hydrogen) atoms. The van der Waals surface area contributed by atoms with Crippen LogP contribution in [-0.2, 0) is 0 Å². The minimum absolute atomic E-state index is 0.772. The SMILES string of the molecule is CCCCCCCCCCCCCC(CC)NCCC. The second-order valence-electron chi connectivity index (χ2n) is 6.38. The number of unbranched alkanes of at least 4 members (excludes halogenated alkanes) is 10. The highest BCUT2D eigenvalue weighted by Gasteiger charge is 2.03. The van der Waals surface area contributed by atoms with Gasteiger partial charge in [0.1, 0.15) is 0 Å². The predicted octanol–water partition coefficient (Wildman–Crippen LogP) is 6.47. The first-order valence-corrected chi connectivity index (χ1v) is 9.58. The van der Waals surface area contributed by atoms with Gasteiger partial charge in [0.25, 0.3) is 0 Å². The molecule has 0 aromatic heterocycles. The van der Waals surface area contributed by atoms with Gasteiger partial charge in [0.15, 0.2) is 0 Å². The van der Waals surface area contributed by atoms with E-state index in [0.29, 0.717) is 0 Å². The maximum Gasteiger partial charge on any atom is 0.00644 e. The van der Waals surface area contributed by atoms with E-state index in [9.17, 15) is 0 Å². The summed E-state index contributed by atoms with van der Waals surface area (Å²) in [6.45, 7) is 8.05. The lowest BCUT2D eigenvalue weighted by Gasteiger charge is -2.16. The zero-order chi connectivity index (χ0) is 14.9. The lowest BCUT2D eigenvalue weighted by atomic mass is 10.0. The summed E-state index contributed by atoms with van der Waals surface area (Å²) in [4.78, 5) is 0. The van der Waals surface area contributed by atoms with Crippen molar-refractivity contribution in [3.05, 3.63) is 0 Å². The van der Waals surface area contributed by atoms with Crippen LogP contribution in [0.2, 0.25) is 0 Å². The molecule has 0 rings (SSSR count). The fraction of sp³-hybridized carbons (Fsp3) is 1.00. The van der Waals surface area contributed by atoms with Gasteiger partial charge in [-0.05, 0) is 25.8 Å². The number of hydrogen-bond donors (Lipinski definition) is 1. The molecule has 0 aliphatic heterocycles. The van der Waals surface area contributed by atoms with Gasteiger partial charge in [-0.2, -0.15) is 0 Å². The Morgan fingerprint density at radius 3 is 1.55 bits per heavy atom. The van der Waals surface area contributed by atoms with Gasteiger partial charge in [-0.25, -0.2) is 0 Å². The fourth-order valence-electron chi connectivity index (χ4n) is 2.85. The van der Waals surface area contributed by atoms with Crippen LogP contribution in [0.1, 0.15) is 111 Å². The van der Waals surface area contributed by atoms with Gasteiger partial charge < -0.3 is 5.32 Å². The fourth-order valence-corrected chi connectivity index (χ4v) is 2.85. The Kier molecular flexibility index (Phi) is 17.0. The van der Waals surface area contributed by atoms with E-state index in [4.69, 9.17) is 0 Å². The van der Waals surface area contributed by atoms with Crippen LogP contribution in [0.4, 0.5) is 0 Å². The average molecular weight is 284 g/mol. The summed E-state index contributed by atoms with van der Waals surface area (Å²) in [6.07, 6.45) is 19.9. The van der Waals surface area contributed by atoms with Crippen LogP contribution in [0.25, 0.3) is 0 Å². The van der Waals surface area contributed by atoms with Crippen LogP contribution in [0.15, 0.2) is 0 Å². The molecule has 0 aliphatic carbocycles. The van der Waals surface area contributed by atoms with Crippen molar-refractivity contribution < 1.29 is 0 Å². The highest BCUT2D eigenvalue weighted by Crippen LogP contribution is 2.13. The van der Waals surface area contributed by atoms with Crippen LogP contribution in [0, 0.1) is 0 Å². The summed E-state index contributed by atoms with van der Waals surface area (Å²) < 4.78 is 0. The summed E-state index contributed by atoms with van der Waals surface area (Å²) in [5, 5.41) is 3.65. The quantitative estimate of drug-likeness (QED) is 0.320. The second-order valence-corrected chi connectivity index (χ2v) is 6.38. The zero-order valence-corrected chi connectivity index (χ0v) is 14.7. The van der Waals surface area contributed by atoms with Crippen LogP contribution in [0.5, 0.6) is 0 Å². The van der Waals surface area contributed by atoms with Gasteiger partial charge in [0, 0.05) is 6.04 Å². The third-order valence-corrected chi connectivity index (χ3v) is 4.33. The van der Waals surface area contributed by atoms with Gasteiger partial charge in [0.05, 0.1) is 0 Å². The molecule has 1 nitrogen and oxygen atoms in total. The maximum atomic E-state index is 3.65. The monoisotopic (exact) mass is 283 g/mol. The van der Waals surface area contributed by atoms with Crippen molar-refractivity contribution in [2.45, 2.75) is 117 Å². The lowest BCUT2D eigenvalue weighted by Crippen LogP contribution is -2.28. The molecule has 0 radical (unpaired) electrons. The number of rotatable bonds is 16. The topological polar surface area (TPSA) is 12.0 Å². The zero-order valence-electron chi connectivity index (χ0n) is 14.7. The van der Waals surface area contributed by atoms with Gasteiger partial charge >= 0.3 is 0 Å². The predicted molar refractivity (Wildman–Crippen MR) is 93.5 cm³/mol. The van der Waals surface area contributed by atoms with E-state index >= 15 is 0 Å². The molecular formula is C19H41N. The molecule has 0 amide bonds. The van der Waals surface area contributed by atoms with E-state index < -0.39 is 0 Å². The number of nitrogens with one attached hydrogen (secondary N) is 1. The largest absolute Gasteiger partial charge is 0.314 e. The van der Waals surface area contributed by atoms with E-state index in [2.05, 4.69) is 26.1 Å². The highest BCUT2D eigenvalue weighted by atomic mass is 14.9. The summed E-state index contributed by atoms with van der Waals surface area (Å²) in [7, 11) is 0. The Morgan fingerprint density at radius 1 is 0.600 bits per heavy atom. The minimum Gasteiger partial charge on any atom is -0.314 e. The van der Waals surface area contributed by atoms with E-state index in [0.717, 1.165) is 6.04 Å². The Bertz CT molecular complexity index is 167. The van der Waals surface area contributed by atoms with Gasteiger partial charge in [-0.15, -0.1) is 0 Å². The summed E-state index contributed by atoms with van der Waals surface area (Å²) in [6, 6.07) is 0.772. The van der Waals surface area contributed by atoms with E-state index in [1.54, 1.807) is 0 Å². The van der Waals surface area contributed by atoms with Crippen LogP contribution < -0.4 is 5.32 Å². The van der Waals surface area contributed by atoms with E-state index in [1.807, 2.05) is 0 Å². The molecule has 1 N–H and O–H groups in total. The lowest BCUT2D eigenvalue weighted by molar-refractivity contribution is 0.441. The van der Waals surface area contributed by atoms with Crippen molar-refractivity contribution in [1.29, 1.82) is 0 Å². The molecule has 0 saturated carbocycles. The van der Waals surface area contributed by atoms with Crippen LogP contribution in [-0.4, -0.2) is 12.6 Å². The summed E-state index contributed by atoms with van der Waals surface area (Å²) in [5.41, 5.74) is 0. The normalized spacial score (nSPS) is 12.8. The van der Waals surface area contributed by atoms with Crippen LogP contribution in [0.3, 0.4) is 0 Å². The molecule has 0 fully saturated rings. The van der Waals surface area contributed by atoms with E-state index in [-0.39, 0.29) is 0 Å².